The normalized spacial score (nSPS) is 20.7. The van der Waals surface area contributed by atoms with Gasteiger partial charge in [0.15, 0.2) is 0 Å². The Hall–Kier alpha value is -2.20. The summed E-state index contributed by atoms with van der Waals surface area (Å²) in [5, 5.41) is 0. The van der Waals surface area contributed by atoms with Crippen molar-refractivity contribution in [3.63, 3.8) is 0 Å². The molecule has 138 valence electrons. The molecule has 1 fully saturated rings. The first-order chi connectivity index (χ1) is 12.7. The maximum Gasteiger partial charge on any atom is 0.227 e. The van der Waals surface area contributed by atoms with Crippen molar-refractivity contribution in [2.75, 3.05) is 24.5 Å². The van der Waals surface area contributed by atoms with Crippen LogP contribution in [-0.4, -0.2) is 42.7 Å². The number of nitrogens with zero attached hydrogens (tertiary/aromatic N) is 2. The van der Waals surface area contributed by atoms with Gasteiger partial charge in [-0.05, 0) is 30.5 Å². The zero-order valence-corrected chi connectivity index (χ0v) is 15.4. The van der Waals surface area contributed by atoms with Crippen LogP contribution in [0.25, 0.3) is 0 Å². The third kappa shape index (κ3) is 4.50. The van der Waals surface area contributed by atoms with E-state index in [1.54, 1.807) is 4.90 Å². The SMILES string of the molecule is CCC(=O)N(c1ccccc1)[C@@H]1CCN(CCc2ccccc2)C[C@@H]1F. The number of anilines is 1. The molecule has 2 atom stereocenters. The topological polar surface area (TPSA) is 23.6 Å². The van der Waals surface area contributed by atoms with Crippen molar-refractivity contribution >= 4 is 11.6 Å². The third-order valence-electron chi connectivity index (χ3n) is 5.09. The summed E-state index contributed by atoms with van der Waals surface area (Å²) in [7, 11) is 0. The first-order valence-electron chi connectivity index (χ1n) is 9.46. The fourth-order valence-corrected chi connectivity index (χ4v) is 3.66. The monoisotopic (exact) mass is 354 g/mol. The van der Waals surface area contributed by atoms with Crippen molar-refractivity contribution in [2.45, 2.75) is 38.4 Å². The van der Waals surface area contributed by atoms with Gasteiger partial charge in [-0.1, -0.05) is 55.5 Å². The van der Waals surface area contributed by atoms with Gasteiger partial charge in [-0.2, -0.15) is 0 Å². The number of hydrogen-bond donors (Lipinski definition) is 0. The zero-order chi connectivity index (χ0) is 18.4. The highest BCUT2D eigenvalue weighted by molar-refractivity contribution is 5.93. The van der Waals surface area contributed by atoms with Crippen LogP contribution in [0.5, 0.6) is 0 Å². The minimum atomic E-state index is -1.03. The van der Waals surface area contributed by atoms with E-state index in [2.05, 4.69) is 17.0 Å². The lowest BCUT2D eigenvalue weighted by atomic mass is 9.99. The largest absolute Gasteiger partial charge is 0.306 e. The predicted octanol–water partition coefficient (Wildman–Crippen LogP) is 4.08. The van der Waals surface area contributed by atoms with Crippen molar-refractivity contribution in [2.24, 2.45) is 0 Å². The molecule has 2 aromatic rings. The van der Waals surface area contributed by atoms with Gasteiger partial charge in [0.05, 0.1) is 6.04 Å². The highest BCUT2D eigenvalue weighted by atomic mass is 19.1. The molecule has 0 saturated carbocycles. The lowest BCUT2D eigenvalue weighted by Gasteiger charge is -2.40. The van der Waals surface area contributed by atoms with Gasteiger partial charge in [0.25, 0.3) is 0 Å². The van der Waals surface area contributed by atoms with Crippen molar-refractivity contribution in [1.29, 1.82) is 0 Å². The van der Waals surface area contributed by atoms with Gasteiger partial charge in [0.2, 0.25) is 5.91 Å². The Morgan fingerprint density at radius 1 is 1.12 bits per heavy atom. The molecule has 0 bridgehead atoms. The molecule has 1 aliphatic rings. The summed E-state index contributed by atoms with van der Waals surface area (Å²) in [6.45, 7) is 3.89. The van der Waals surface area contributed by atoms with Gasteiger partial charge in [-0.3, -0.25) is 9.69 Å². The number of alkyl halides is 1. The smallest absolute Gasteiger partial charge is 0.227 e. The second-order valence-corrected chi connectivity index (χ2v) is 6.86. The molecule has 1 saturated heterocycles. The van der Waals surface area contributed by atoms with Gasteiger partial charge >= 0.3 is 0 Å². The molecule has 0 aromatic heterocycles. The summed E-state index contributed by atoms with van der Waals surface area (Å²) in [6.07, 6.45) is 0.941. The minimum Gasteiger partial charge on any atom is -0.306 e. The number of rotatable bonds is 6. The van der Waals surface area contributed by atoms with Crippen molar-refractivity contribution < 1.29 is 9.18 Å². The van der Waals surface area contributed by atoms with Crippen LogP contribution >= 0.6 is 0 Å². The van der Waals surface area contributed by atoms with Crippen LogP contribution in [0.15, 0.2) is 60.7 Å². The molecule has 0 unspecified atom stereocenters. The van der Waals surface area contributed by atoms with E-state index in [0.29, 0.717) is 19.4 Å². The molecule has 1 aliphatic heterocycles. The van der Waals surface area contributed by atoms with E-state index in [9.17, 15) is 4.79 Å². The molecule has 0 spiro atoms. The van der Waals surface area contributed by atoms with Gasteiger partial charge < -0.3 is 4.90 Å². The van der Waals surface area contributed by atoms with Crippen molar-refractivity contribution in [3.8, 4) is 0 Å². The van der Waals surface area contributed by atoms with Crippen molar-refractivity contribution in [3.05, 3.63) is 66.2 Å². The first kappa shape index (κ1) is 18.6. The standard InChI is InChI=1S/C22H27FN2O/c1-2-22(26)25(19-11-7-4-8-12-19)21-14-16-24(17-20(21)23)15-13-18-9-5-3-6-10-18/h3-12,20-21H,2,13-17H2,1H3/t20-,21+/m0/s1. The third-order valence-corrected chi connectivity index (χ3v) is 5.09. The summed E-state index contributed by atoms with van der Waals surface area (Å²) < 4.78 is 15.0. The van der Waals surface area contributed by atoms with E-state index >= 15 is 4.39 Å². The van der Waals surface area contributed by atoms with E-state index in [1.807, 2.05) is 55.5 Å². The van der Waals surface area contributed by atoms with E-state index in [0.717, 1.165) is 25.2 Å². The number of benzene rings is 2. The van der Waals surface area contributed by atoms with Crippen LogP contribution in [0.3, 0.4) is 0 Å². The van der Waals surface area contributed by atoms with Gasteiger partial charge in [0.1, 0.15) is 6.17 Å². The molecule has 26 heavy (non-hydrogen) atoms. The van der Waals surface area contributed by atoms with Crippen LogP contribution in [0.1, 0.15) is 25.3 Å². The number of likely N-dealkylation sites (tertiary alicyclic amines) is 1. The fraction of sp³-hybridized carbons (Fsp3) is 0.409. The number of amides is 1. The van der Waals surface area contributed by atoms with E-state index < -0.39 is 6.17 Å². The Morgan fingerprint density at radius 3 is 2.38 bits per heavy atom. The summed E-state index contributed by atoms with van der Waals surface area (Å²) in [5.41, 5.74) is 2.07. The van der Waals surface area contributed by atoms with Crippen LogP contribution in [0.4, 0.5) is 10.1 Å². The van der Waals surface area contributed by atoms with Crippen LogP contribution < -0.4 is 4.90 Å². The molecule has 0 radical (unpaired) electrons. The Labute approximate surface area is 155 Å². The predicted molar refractivity (Wildman–Crippen MR) is 104 cm³/mol. The van der Waals surface area contributed by atoms with E-state index in [1.165, 1.54) is 5.56 Å². The molecular formula is C22H27FN2O. The van der Waals surface area contributed by atoms with Crippen LogP contribution in [0, 0.1) is 0 Å². The molecule has 1 amide bonds. The summed E-state index contributed by atoms with van der Waals surface area (Å²) in [6, 6.07) is 19.4. The molecule has 1 heterocycles. The second kappa shape index (κ2) is 8.95. The molecule has 2 aromatic carbocycles. The molecule has 0 aliphatic carbocycles. The molecule has 3 nitrogen and oxygen atoms in total. The Morgan fingerprint density at radius 2 is 1.77 bits per heavy atom. The average molecular weight is 354 g/mol. The summed E-state index contributed by atoms with van der Waals surface area (Å²) in [5.74, 6) is -0.0124. The lowest BCUT2D eigenvalue weighted by molar-refractivity contribution is -0.119. The lowest BCUT2D eigenvalue weighted by Crippen LogP contribution is -2.54. The van der Waals surface area contributed by atoms with E-state index in [4.69, 9.17) is 0 Å². The fourth-order valence-electron chi connectivity index (χ4n) is 3.66. The molecule has 0 N–H and O–H groups in total. The average Bonchev–Trinajstić information content (AvgIpc) is 2.69. The van der Waals surface area contributed by atoms with Gasteiger partial charge in [0, 0.05) is 31.7 Å². The van der Waals surface area contributed by atoms with Gasteiger partial charge in [-0.25, -0.2) is 4.39 Å². The molecule has 3 rings (SSSR count). The number of carbonyl (C=O) groups is 1. The number of piperidine rings is 1. The van der Waals surface area contributed by atoms with Gasteiger partial charge in [-0.15, -0.1) is 0 Å². The maximum absolute atomic E-state index is 15.0. The van der Waals surface area contributed by atoms with Crippen LogP contribution in [-0.2, 0) is 11.2 Å². The molecular weight excluding hydrogens is 327 g/mol. The number of carbonyl (C=O) groups excluding carboxylic acids is 1. The number of hydrogen-bond acceptors (Lipinski definition) is 2. The molecule has 4 heteroatoms. The highest BCUT2D eigenvalue weighted by Crippen LogP contribution is 2.26. The van der Waals surface area contributed by atoms with E-state index in [-0.39, 0.29) is 11.9 Å². The maximum atomic E-state index is 15.0. The summed E-state index contributed by atoms with van der Waals surface area (Å²) >= 11 is 0. The highest BCUT2D eigenvalue weighted by Gasteiger charge is 2.35. The number of halogens is 1. The first-order valence-corrected chi connectivity index (χ1v) is 9.46. The second-order valence-electron chi connectivity index (χ2n) is 6.86. The van der Waals surface area contributed by atoms with Crippen LogP contribution in [0.2, 0.25) is 0 Å². The zero-order valence-electron chi connectivity index (χ0n) is 15.4. The van der Waals surface area contributed by atoms with Crippen molar-refractivity contribution in [1.82, 2.24) is 4.90 Å². The Balaban J connectivity index is 1.64. The minimum absolute atomic E-state index is 0.0124. The summed E-state index contributed by atoms with van der Waals surface area (Å²) in [4.78, 5) is 16.3. The Bertz CT molecular complexity index is 692. The Kier molecular flexibility index (Phi) is 6.40. The number of para-hydroxylation sites is 1. The quantitative estimate of drug-likeness (QED) is 0.780.